The summed E-state index contributed by atoms with van der Waals surface area (Å²) in [6.07, 6.45) is 0.676. The molecule has 6 nitrogen and oxygen atoms in total. The van der Waals surface area contributed by atoms with E-state index in [9.17, 15) is 4.79 Å². The maximum atomic E-state index is 13.1. The van der Waals surface area contributed by atoms with E-state index >= 15 is 0 Å². The van der Waals surface area contributed by atoms with Crippen molar-refractivity contribution >= 4 is 18.3 Å². The van der Waals surface area contributed by atoms with Gasteiger partial charge in [0.2, 0.25) is 0 Å². The molecule has 2 aromatic rings. The SMILES string of the molecule is Cc1ccc(OCCN)c(C(=O)N2CCc3oc(C(C)(C)C)nc3C2)c1.Cl. The summed E-state index contributed by atoms with van der Waals surface area (Å²) in [5.41, 5.74) is 7.82. The Kier molecular flexibility index (Phi) is 6.54. The Hall–Kier alpha value is -2.05. The smallest absolute Gasteiger partial charge is 0.257 e. The average Bonchev–Trinajstić information content (AvgIpc) is 3.03. The largest absolute Gasteiger partial charge is 0.491 e. The van der Waals surface area contributed by atoms with Crippen molar-refractivity contribution in [2.24, 2.45) is 5.73 Å². The molecule has 1 aliphatic rings. The second-order valence-corrected chi connectivity index (χ2v) is 7.75. The minimum atomic E-state index is -0.147. The lowest BCUT2D eigenvalue weighted by atomic mass is 9.97. The maximum Gasteiger partial charge on any atom is 0.257 e. The van der Waals surface area contributed by atoms with Crippen LogP contribution in [0.2, 0.25) is 0 Å². The first-order valence-electron chi connectivity index (χ1n) is 9.01. The van der Waals surface area contributed by atoms with E-state index in [2.05, 4.69) is 25.8 Å². The highest BCUT2D eigenvalue weighted by molar-refractivity contribution is 5.97. The molecule has 0 unspecified atom stereocenters. The molecule has 7 heteroatoms. The first-order valence-corrected chi connectivity index (χ1v) is 9.01. The molecule has 2 N–H and O–H groups in total. The summed E-state index contributed by atoms with van der Waals surface area (Å²) in [6, 6.07) is 5.64. The van der Waals surface area contributed by atoms with Gasteiger partial charge < -0.3 is 19.8 Å². The van der Waals surface area contributed by atoms with Gasteiger partial charge in [0.1, 0.15) is 23.8 Å². The first kappa shape index (κ1) is 21.3. The molecule has 1 amide bonds. The van der Waals surface area contributed by atoms with Crippen LogP contribution in [0.25, 0.3) is 0 Å². The summed E-state index contributed by atoms with van der Waals surface area (Å²) < 4.78 is 11.6. The van der Waals surface area contributed by atoms with E-state index in [4.69, 9.17) is 14.9 Å². The number of benzene rings is 1. The Balaban J connectivity index is 0.00000261. The van der Waals surface area contributed by atoms with Gasteiger partial charge in [0.05, 0.1) is 12.1 Å². The average molecular weight is 394 g/mol. The Bertz CT molecular complexity index is 811. The molecular formula is C20H28ClN3O3. The van der Waals surface area contributed by atoms with Crippen molar-refractivity contribution in [2.75, 3.05) is 19.7 Å². The molecule has 27 heavy (non-hydrogen) atoms. The van der Waals surface area contributed by atoms with Crippen LogP contribution in [0, 0.1) is 6.92 Å². The molecule has 1 aliphatic heterocycles. The van der Waals surface area contributed by atoms with Gasteiger partial charge in [0, 0.05) is 24.9 Å². The summed E-state index contributed by atoms with van der Waals surface area (Å²) in [5, 5.41) is 0. The number of rotatable bonds is 4. The number of ether oxygens (including phenoxy) is 1. The third-order valence-electron chi connectivity index (χ3n) is 4.40. The van der Waals surface area contributed by atoms with Crippen LogP contribution < -0.4 is 10.5 Å². The minimum Gasteiger partial charge on any atom is -0.491 e. The summed E-state index contributed by atoms with van der Waals surface area (Å²) in [4.78, 5) is 19.5. The van der Waals surface area contributed by atoms with Gasteiger partial charge in [-0.3, -0.25) is 4.79 Å². The van der Waals surface area contributed by atoms with Gasteiger partial charge in [-0.05, 0) is 19.1 Å². The first-order chi connectivity index (χ1) is 12.3. The number of halogens is 1. The van der Waals surface area contributed by atoms with E-state index in [1.165, 1.54) is 0 Å². The zero-order valence-electron chi connectivity index (χ0n) is 16.4. The predicted molar refractivity (Wildman–Crippen MR) is 107 cm³/mol. The number of nitrogens with zero attached hydrogens (tertiary/aromatic N) is 2. The number of aryl methyl sites for hydroxylation is 1. The van der Waals surface area contributed by atoms with E-state index in [1.54, 1.807) is 4.90 Å². The Labute approximate surface area is 166 Å². The number of oxazole rings is 1. The van der Waals surface area contributed by atoms with Crippen LogP contribution >= 0.6 is 12.4 Å². The van der Waals surface area contributed by atoms with E-state index in [-0.39, 0.29) is 23.7 Å². The lowest BCUT2D eigenvalue weighted by Gasteiger charge is -2.26. The highest BCUT2D eigenvalue weighted by atomic mass is 35.5. The third kappa shape index (κ3) is 4.62. The van der Waals surface area contributed by atoms with Crippen molar-refractivity contribution in [1.82, 2.24) is 9.88 Å². The molecular weight excluding hydrogens is 366 g/mol. The van der Waals surface area contributed by atoms with E-state index in [0.717, 1.165) is 22.9 Å². The number of nitrogens with two attached hydrogens (primary N) is 1. The van der Waals surface area contributed by atoms with E-state index in [0.29, 0.717) is 44.0 Å². The lowest BCUT2D eigenvalue weighted by Crippen LogP contribution is -2.36. The maximum absolute atomic E-state index is 13.1. The molecule has 1 aromatic heterocycles. The van der Waals surface area contributed by atoms with Gasteiger partial charge in [-0.15, -0.1) is 12.4 Å². The highest BCUT2D eigenvalue weighted by Crippen LogP contribution is 2.29. The Morgan fingerprint density at radius 1 is 1.37 bits per heavy atom. The molecule has 3 rings (SSSR count). The molecule has 0 atom stereocenters. The van der Waals surface area contributed by atoms with E-state index < -0.39 is 0 Å². The number of aromatic nitrogens is 1. The van der Waals surface area contributed by atoms with Gasteiger partial charge in [0.15, 0.2) is 5.89 Å². The third-order valence-corrected chi connectivity index (χ3v) is 4.40. The molecule has 0 aliphatic carbocycles. The summed E-state index contributed by atoms with van der Waals surface area (Å²) >= 11 is 0. The van der Waals surface area contributed by atoms with Crippen LogP contribution in [0.3, 0.4) is 0 Å². The summed E-state index contributed by atoms with van der Waals surface area (Å²) in [6.45, 7) is 10.0. The van der Waals surface area contributed by atoms with Crippen molar-refractivity contribution in [3.63, 3.8) is 0 Å². The van der Waals surface area contributed by atoms with Gasteiger partial charge >= 0.3 is 0 Å². The van der Waals surface area contributed by atoms with Crippen molar-refractivity contribution in [3.8, 4) is 5.75 Å². The summed E-state index contributed by atoms with van der Waals surface area (Å²) in [5.74, 6) is 2.14. The van der Waals surface area contributed by atoms with Gasteiger partial charge in [0.25, 0.3) is 5.91 Å². The molecule has 0 bridgehead atoms. The Morgan fingerprint density at radius 3 is 2.78 bits per heavy atom. The zero-order chi connectivity index (χ0) is 18.9. The second kappa shape index (κ2) is 8.31. The number of carbonyl (C=O) groups is 1. The number of carbonyl (C=O) groups excluding carboxylic acids is 1. The van der Waals surface area contributed by atoms with Gasteiger partial charge in [-0.25, -0.2) is 4.98 Å². The number of fused-ring (bicyclic) bond motifs is 1. The minimum absolute atomic E-state index is 0. The highest BCUT2D eigenvalue weighted by Gasteiger charge is 2.30. The standard InChI is InChI=1S/C20H27N3O3.ClH/c1-13-5-6-16(25-10-8-21)14(11-13)18(24)23-9-7-17-15(12-23)22-19(26-17)20(2,3)4;/h5-6,11H,7-10,12,21H2,1-4H3;1H. The van der Waals surface area contributed by atoms with Crippen LogP contribution in [0.1, 0.15) is 54.0 Å². The van der Waals surface area contributed by atoms with E-state index in [1.807, 2.05) is 25.1 Å². The topological polar surface area (TPSA) is 81.6 Å². The summed E-state index contributed by atoms with van der Waals surface area (Å²) in [7, 11) is 0. The quantitative estimate of drug-likeness (QED) is 0.862. The molecule has 0 fully saturated rings. The van der Waals surface area contributed by atoms with Crippen LogP contribution in [-0.2, 0) is 18.4 Å². The number of hydrogen-bond acceptors (Lipinski definition) is 5. The monoisotopic (exact) mass is 393 g/mol. The van der Waals surface area contributed by atoms with Crippen LogP contribution in [0.5, 0.6) is 5.75 Å². The van der Waals surface area contributed by atoms with Crippen LogP contribution in [-0.4, -0.2) is 35.5 Å². The normalized spacial score (nSPS) is 13.7. The second-order valence-electron chi connectivity index (χ2n) is 7.75. The molecule has 1 aromatic carbocycles. The molecule has 0 spiro atoms. The molecule has 2 heterocycles. The van der Waals surface area contributed by atoms with Crippen LogP contribution in [0.15, 0.2) is 22.6 Å². The lowest BCUT2D eigenvalue weighted by molar-refractivity contribution is 0.0723. The number of hydrogen-bond donors (Lipinski definition) is 1. The van der Waals surface area contributed by atoms with Gasteiger partial charge in [-0.1, -0.05) is 32.4 Å². The number of amides is 1. The molecule has 0 saturated carbocycles. The fourth-order valence-electron chi connectivity index (χ4n) is 2.97. The molecule has 148 valence electrons. The van der Waals surface area contributed by atoms with Gasteiger partial charge in [-0.2, -0.15) is 0 Å². The van der Waals surface area contributed by atoms with Crippen molar-refractivity contribution in [1.29, 1.82) is 0 Å². The Morgan fingerprint density at radius 2 is 2.11 bits per heavy atom. The van der Waals surface area contributed by atoms with Crippen molar-refractivity contribution in [3.05, 3.63) is 46.7 Å². The fourth-order valence-corrected chi connectivity index (χ4v) is 2.97. The predicted octanol–water partition coefficient (Wildman–Crippen LogP) is 3.24. The van der Waals surface area contributed by atoms with Crippen molar-refractivity contribution < 1.29 is 13.9 Å². The van der Waals surface area contributed by atoms with Crippen LogP contribution in [0.4, 0.5) is 0 Å². The molecule has 0 saturated heterocycles. The zero-order valence-corrected chi connectivity index (χ0v) is 17.2. The fraction of sp³-hybridized carbons (Fsp3) is 0.500. The molecule has 0 radical (unpaired) electrons. The van der Waals surface area contributed by atoms with Crippen molar-refractivity contribution in [2.45, 2.75) is 46.1 Å².